The van der Waals surface area contributed by atoms with Gasteiger partial charge in [-0.3, -0.25) is 4.72 Å². The van der Waals surface area contributed by atoms with Crippen LogP contribution in [0.2, 0.25) is 5.02 Å². The second-order valence-electron chi connectivity index (χ2n) is 4.73. The van der Waals surface area contributed by atoms with Crippen LogP contribution in [0.15, 0.2) is 41.3 Å². The van der Waals surface area contributed by atoms with E-state index >= 15 is 0 Å². The Kier molecular flexibility index (Phi) is 4.59. The van der Waals surface area contributed by atoms with E-state index in [-0.39, 0.29) is 5.69 Å². The minimum absolute atomic E-state index is 0.353. The zero-order valence-corrected chi connectivity index (χ0v) is 13.2. The number of rotatable bonds is 3. The maximum Gasteiger partial charge on any atom is 0.417 e. The first-order valence-electron chi connectivity index (χ1n) is 6.16. The maximum absolute atomic E-state index is 13.6. The number of alkyl halides is 3. The molecule has 0 saturated heterocycles. The number of aryl methyl sites for hydroxylation is 1. The van der Waals surface area contributed by atoms with Gasteiger partial charge in [0.15, 0.2) is 0 Å². The van der Waals surface area contributed by atoms with Gasteiger partial charge in [0.1, 0.15) is 5.82 Å². The van der Waals surface area contributed by atoms with Crippen LogP contribution in [0.1, 0.15) is 11.1 Å². The summed E-state index contributed by atoms with van der Waals surface area (Å²) < 4.78 is 78.3. The SMILES string of the molecule is Cc1ccc(F)c(NS(=O)(=O)c2ccc(Cl)c(C(F)(F)F)c2)c1. The van der Waals surface area contributed by atoms with E-state index in [1.807, 2.05) is 4.72 Å². The van der Waals surface area contributed by atoms with Gasteiger partial charge in [-0.2, -0.15) is 13.2 Å². The molecular weight excluding hydrogens is 358 g/mol. The molecule has 0 saturated carbocycles. The molecule has 3 nitrogen and oxygen atoms in total. The molecular formula is C14H10ClF4NO2S. The third-order valence-corrected chi connectivity index (χ3v) is 4.61. The minimum Gasteiger partial charge on any atom is -0.277 e. The first-order chi connectivity index (χ1) is 10.5. The van der Waals surface area contributed by atoms with Gasteiger partial charge in [-0.1, -0.05) is 17.7 Å². The topological polar surface area (TPSA) is 46.2 Å². The molecule has 0 atom stereocenters. The summed E-state index contributed by atoms with van der Waals surface area (Å²) in [4.78, 5) is -0.671. The Morgan fingerprint density at radius 1 is 1.09 bits per heavy atom. The fraction of sp³-hybridized carbons (Fsp3) is 0.143. The van der Waals surface area contributed by atoms with Gasteiger partial charge in [-0.15, -0.1) is 0 Å². The first-order valence-corrected chi connectivity index (χ1v) is 8.02. The highest BCUT2D eigenvalue weighted by molar-refractivity contribution is 7.92. The molecule has 23 heavy (non-hydrogen) atoms. The monoisotopic (exact) mass is 367 g/mol. The van der Waals surface area contributed by atoms with Gasteiger partial charge in [0.25, 0.3) is 10.0 Å². The number of benzene rings is 2. The summed E-state index contributed by atoms with van der Waals surface area (Å²) in [5, 5.41) is -0.627. The third-order valence-electron chi connectivity index (χ3n) is 2.92. The third kappa shape index (κ3) is 3.94. The molecule has 0 amide bonds. The highest BCUT2D eigenvalue weighted by Crippen LogP contribution is 2.36. The van der Waals surface area contributed by atoms with Crippen LogP contribution in [0.3, 0.4) is 0 Å². The summed E-state index contributed by atoms with van der Waals surface area (Å²) in [5.41, 5.74) is -1.06. The molecule has 0 aliphatic rings. The summed E-state index contributed by atoms with van der Waals surface area (Å²) in [7, 11) is -4.40. The normalized spacial score (nSPS) is 12.3. The largest absolute Gasteiger partial charge is 0.417 e. The molecule has 1 N–H and O–H groups in total. The predicted molar refractivity (Wildman–Crippen MR) is 78.4 cm³/mol. The van der Waals surface area contributed by atoms with Crippen molar-refractivity contribution in [2.75, 3.05) is 4.72 Å². The van der Waals surface area contributed by atoms with Crippen LogP contribution < -0.4 is 4.72 Å². The van der Waals surface area contributed by atoms with Gasteiger partial charge in [0.05, 0.1) is 21.2 Å². The van der Waals surface area contributed by atoms with Crippen LogP contribution in [0, 0.1) is 12.7 Å². The summed E-state index contributed by atoms with van der Waals surface area (Å²) in [6, 6.07) is 5.85. The Hall–Kier alpha value is -1.80. The average Bonchev–Trinajstić information content (AvgIpc) is 2.41. The zero-order chi connectivity index (χ0) is 17.4. The second kappa shape index (κ2) is 6.01. The van der Waals surface area contributed by atoms with Crippen molar-refractivity contribution in [3.8, 4) is 0 Å². The predicted octanol–water partition coefficient (Wildman–Crippen LogP) is 4.61. The molecule has 0 unspecified atom stereocenters. The van der Waals surface area contributed by atoms with Crippen molar-refractivity contribution in [3.05, 3.63) is 58.4 Å². The number of halogens is 5. The molecule has 9 heteroatoms. The van der Waals surface area contributed by atoms with Crippen molar-refractivity contribution in [1.29, 1.82) is 0 Å². The molecule has 0 radical (unpaired) electrons. The highest BCUT2D eigenvalue weighted by Gasteiger charge is 2.34. The van der Waals surface area contributed by atoms with Crippen LogP contribution in [-0.4, -0.2) is 8.42 Å². The fourth-order valence-corrected chi connectivity index (χ4v) is 3.12. The minimum atomic E-state index is -4.81. The Labute approximate surface area is 134 Å². The van der Waals surface area contributed by atoms with E-state index in [0.717, 1.165) is 18.2 Å². The van der Waals surface area contributed by atoms with Gasteiger partial charge in [0.2, 0.25) is 0 Å². The summed E-state index contributed by atoms with van der Waals surface area (Å²) in [5.74, 6) is -0.843. The van der Waals surface area contributed by atoms with E-state index in [2.05, 4.69) is 0 Å². The number of hydrogen-bond donors (Lipinski definition) is 1. The molecule has 0 heterocycles. The molecule has 0 fully saturated rings. The van der Waals surface area contributed by atoms with Crippen LogP contribution in [0.4, 0.5) is 23.2 Å². The zero-order valence-electron chi connectivity index (χ0n) is 11.6. The number of sulfonamides is 1. The van der Waals surface area contributed by atoms with Crippen LogP contribution in [0.5, 0.6) is 0 Å². The van der Waals surface area contributed by atoms with Crippen LogP contribution in [0.25, 0.3) is 0 Å². The highest BCUT2D eigenvalue weighted by atomic mass is 35.5. The molecule has 0 bridgehead atoms. The van der Waals surface area contributed by atoms with Crippen molar-refractivity contribution in [3.63, 3.8) is 0 Å². The Bertz CT molecular complexity index is 850. The van der Waals surface area contributed by atoms with Crippen LogP contribution >= 0.6 is 11.6 Å². The summed E-state index contributed by atoms with van der Waals surface area (Å²) in [6.45, 7) is 1.61. The second-order valence-corrected chi connectivity index (χ2v) is 6.82. The van der Waals surface area contributed by atoms with Gasteiger partial charge in [0, 0.05) is 0 Å². The van der Waals surface area contributed by atoms with Gasteiger partial charge >= 0.3 is 6.18 Å². The quantitative estimate of drug-likeness (QED) is 0.805. The van der Waals surface area contributed by atoms with Gasteiger partial charge < -0.3 is 0 Å². The van der Waals surface area contributed by atoms with E-state index in [0.29, 0.717) is 11.6 Å². The smallest absolute Gasteiger partial charge is 0.277 e. The number of anilines is 1. The first kappa shape index (κ1) is 17.6. The Morgan fingerprint density at radius 2 is 1.74 bits per heavy atom. The van der Waals surface area contributed by atoms with E-state index in [9.17, 15) is 26.0 Å². The molecule has 2 aromatic rings. The van der Waals surface area contributed by atoms with Gasteiger partial charge in [-0.25, -0.2) is 12.8 Å². The molecule has 124 valence electrons. The van der Waals surface area contributed by atoms with Crippen molar-refractivity contribution in [1.82, 2.24) is 0 Å². The van der Waals surface area contributed by atoms with Crippen molar-refractivity contribution in [2.45, 2.75) is 18.0 Å². The fourth-order valence-electron chi connectivity index (χ4n) is 1.81. The molecule has 0 aliphatic carbocycles. The maximum atomic E-state index is 13.6. The van der Waals surface area contributed by atoms with Gasteiger partial charge in [-0.05, 0) is 42.8 Å². The average molecular weight is 368 g/mol. The molecule has 0 aliphatic heterocycles. The van der Waals surface area contributed by atoms with Crippen molar-refractivity contribution >= 4 is 27.3 Å². The van der Waals surface area contributed by atoms with Crippen LogP contribution in [-0.2, 0) is 16.2 Å². The lowest BCUT2D eigenvalue weighted by Crippen LogP contribution is -2.16. The molecule has 0 aromatic heterocycles. The molecule has 2 rings (SSSR count). The van der Waals surface area contributed by atoms with Crippen molar-refractivity contribution in [2.24, 2.45) is 0 Å². The van der Waals surface area contributed by atoms with E-state index < -0.39 is 37.5 Å². The summed E-state index contributed by atoms with van der Waals surface area (Å²) >= 11 is 5.44. The standard InChI is InChI=1S/C14H10ClF4NO2S/c1-8-2-5-12(16)13(6-8)20-23(21,22)9-3-4-11(15)10(7-9)14(17,18)19/h2-7,20H,1H3. The Balaban J connectivity index is 2.46. The summed E-state index contributed by atoms with van der Waals surface area (Å²) in [6.07, 6.45) is -4.81. The lowest BCUT2D eigenvalue weighted by Gasteiger charge is -2.13. The number of hydrogen-bond acceptors (Lipinski definition) is 2. The molecule has 2 aromatic carbocycles. The van der Waals surface area contributed by atoms with Crippen molar-refractivity contribution < 1.29 is 26.0 Å². The lowest BCUT2D eigenvalue weighted by atomic mass is 10.2. The molecule has 0 spiro atoms. The van der Waals surface area contributed by atoms with E-state index in [1.54, 1.807) is 6.92 Å². The van der Waals surface area contributed by atoms with E-state index in [1.165, 1.54) is 12.1 Å². The number of nitrogens with one attached hydrogen (secondary N) is 1. The van der Waals surface area contributed by atoms with E-state index in [4.69, 9.17) is 11.6 Å². The lowest BCUT2D eigenvalue weighted by molar-refractivity contribution is -0.137. The Morgan fingerprint density at radius 3 is 2.35 bits per heavy atom.